The van der Waals surface area contributed by atoms with E-state index in [4.69, 9.17) is 4.74 Å². The van der Waals surface area contributed by atoms with Gasteiger partial charge in [-0.25, -0.2) is 0 Å². The monoisotopic (exact) mass is 360 g/mol. The van der Waals surface area contributed by atoms with Crippen molar-refractivity contribution in [3.8, 4) is 0 Å². The Morgan fingerprint density at radius 1 is 0.692 bits per heavy atom. The number of carbonyl (C=O) groups is 1. The maximum absolute atomic E-state index is 11.7. The summed E-state index contributed by atoms with van der Waals surface area (Å²) >= 11 is 0. The van der Waals surface area contributed by atoms with E-state index in [1.807, 2.05) is 30.3 Å². The van der Waals surface area contributed by atoms with Gasteiger partial charge >= 0.3 is 5.97 Å². The van der Waals surface area contributed by atoms with Crippen LogP contribution in [0.3, 0.4) is 0 Å². The smallest absolute Gasteiger partial charge is 0.306 e. The molecule has 0 aromatic heterocycles. The highest BCUT2D eigenvalue weighted by atomic mass is 16.5. The predicted octanol–water partition coefficient (Wildman–Crippen LogP) is 7.60. The average molecular weight is 361 g/mol. The quantitative estimate of drug-likeness (QED) is 0.211. The van der Waals surface area contributed by atoms with Crippen molar-refractivity contribution >= 4 is 5.97 Å². The number of hydrogen-bond donors (Lipinski definition) is 0. The van der Waals surface area contributed by atoms with Gasteiger partial charge in [-0.15, -0.1) is 0 Å². The average Bonchev–Trinajstić information content (AvgIpc) is 2.67. The summed E-state index contributed by atoms with van der Waals surface area (Å²) in [5, 5.41) is 0. The summed E-state index contributed by atoms with van der Waals surface area (Å²) in [6, 6.07) is 9.88. The van der Waals surface area contributed by atoms with Crippen LogP contribution in [-0.2, 0) is 16.1 Å². The number of hydrogen-bond acceptors (Lipinski definition) is 2. The molecule has 0 saturated carbocycles. The molecule has 2 nitrogen and oxygen atoms in total. The van der Waals surface area contributed by atoms with Crippen molar-refractivity contribution in [3.05, 3.63) is 35.9 Å². The van der Waals surface area contributed by atoms with Crippen LogP contribution in [0.1, 0.15) is 109 Å². The van der Waals surface area contributed by atoms with Gasteiger partial charge in [-0.3, -0.25) is 4.79 Å². The Labute approximate surface area is 161 Å². The van der Waals surface area contributed by atoms with Gasteiger partial charge in [-0.05, 0) is 12.0 Å². The molecule has 1 aromatic carbocycles. The van der Waals surface area contributed by atoms with Crippen molar-refractivity contribution in [2.24, 2.45) is 0 Å². The van der Waals surface area contributed by atoms with E-state index >= 15 is 0 Å². The summed E-state index contributed by atoms with van der Waals surface area (Å²) in [7, 11) is 0. The van der Waals surface area contributed by atoms with E-state index < -0.39 is 0 Å². The molecule has 0 fully saturated rings. The summed E-state index contributed by atoms with van der Waals surface area (Å²) in [5.74, 6) is -0.0622. The number of ether oxygens (including phenoxy) is 1. The van der Waals surface area contributed by atoms with Crippen LogP contribution in [0.25, 0.3) is 0 Å². The van der Waals surface area contributed by atoms with E-state index in [9.17, 15) is 4.79 Å². The normalized spacial score (nSPS) is 10.8. The Morgan fingerprint density at radius 2 is 1.15 bits per heavy atom. The van der Waals surface area contributed by atoms with E-state index in [-0.39, 0.29) is 5.97 Å². The van der Waals surface area contributed by atoms with Crippen LogP contribution < -0.4 is 0 Å². The molecule has 1 rings (SSSR count). The molecule has 2 heteroatoms. The van der Waals surface area contributed by atoms with Gasteiger partial charge in [0, 0.05) is 6.42 Å². The lowest BCUT2D eigenvalue weighted by molar-refractivity contribution is -0.145. The summed E-state index contributed by atoms with van der Waals surface area (Å²) in [4.78, 5) is 11.7. The predicted molar refractivity (Wildman–Crippen MR) is 111 cm³/mol. The van der Waals surface area contributed by atoms with Crippen molar-refractivity contribution in [3.63, 3.8) is 0 Å². The minimum Gasteiger partial charge on any atom is -0.461 e. The minimum absolute atomic E-state index is 0.0622. The molecule has 0 bridgehead atoms. The van der Waals surface area contributed by atoms with Gasteiger partial charge in [0.2, 0.25) is 0 Å². The first-order valence-electron chi connectivity index (χ1n) is 11.0. The lowest BCUT2D eigenvalue weighted by atomic mass is 10.0. The molecule has 0 aliphatic rings. The molecule has 0 atom stereocenters. The van der Waals surface area contributed by atoms with Gasteiger partial charge < -0.3 is 4.74 Å². The maximum Gasteiger partial charge on any atom is 0.306 e. The van der Waals surface area contributed by atoms with E-state index in [1.54, 1.807) is 0 Å². The highest BCUT2D eigenvalue weighted by Crippen LogP contribution is 2.13. The lowest BCUT2D eigenvalue weighted by Gasteiger charge is -2.05. The van der Waals surface area contributed by atoms with Gasteiger partial charge in [0.15, 0.2) is 0 Å². The number of benzene rings is 1. The number of rotatable bonds is 17. The van der Waals surface area contributed by atoms with Crippen LogP contribution in [0.15, 0.2) is 30.3 Å². The Bertz CT molecular complexity index is 427. The van der Waals surface area contributed by atoms with E-state index in [2.05, 4.69) is 6.92 Å². The molecule has 0 spiro atoms. The van der Waals surface area contributed by atoms with Crippen LogP contribution in [0, 0.1) is 0 Å². The number of unbranched alkanes of at least 4 members (excludes halogenated alkanes) is 13. The molecular formula is C24H40O2. The zero-order chi connectivity index (χ0) is 18.7. The van der Waals surface area contributed by atoms with Crippen LogP contribution in [0.4, 0.5) is 0 Å². The second-order valence-electron chi connectivity index (χ2n) is 7.49. The molecule has 0 aliphatic heterocycles. The molecule has 1 aromatic rings. The Morgan fingerprint density at radius 3 is 1.65 bits per heavy atom. The summed E-state index contributed by atoms with van der Waals surface area (Å²) < 4.78 is 5.30. The third-order valence-corrected chi connectivity index (χ3v) is 4.98. The molecule has 0 N–H and O–H groups in total. The summed E-state index contributed by atoms with van der Waals surface area (Å²) in [6.45, 7) is 2.68. The van der Waals surface area contributed by atoms with Crippen molar-refractivity contribution in [1.29, 1.82) is 0 Å². The van der Waals surface area contributed by atoms with Crippen molar-refractivity contribution < 1.29 is 9.53 Å². The van der Waals surface area contributed by atoms with Crippen molar-refractivity contribution in [2.75, 3.05) is 0 Å². The van der Waals surface area contributed by atoms with Gasteiger partial charge in [-0.2, -0.15) is 0 Å². The number of carbonyl (C=O) groups excluding carboxylic acids is 1. The lowest BCUT2D eigenvalue weighted by Crippen LogP contribution is -2.04. The first kappa shape index (κ1) is 22.7. The second kappa shape index (κ2) is 17.1. The van der Waals surface area contributed by atoms with Crippen molar-refractivity contribution in [1.82, 2.24) is 0 Å². The van der Waals surface area contributed by atoms with E-state index in [0.29, 0.717) is 13.0 Å². The van der Waals surface area contributed by atoms with Crippen molar-refractivity contribution in [2.45, 2.75) is 110 Å². The van der Waals surface area contributed by atoms with Crippen LogP contribution in [0.2, 0.25) is 0 Å². The fourth-order valence-electron chi connectivity index (χ4n) is 3.27. The molecule has 0 heterocycles. The van der Waals surface area contributed by atoms with E-state index in [1.165, 1.54) is 77.0 Å². The van der Waals surface area contributed by atoms with Gasteiger partial charge in [0.05, 0.1) is 0 Å². The van der Waals surface area contributed by atoms with E-state index in [0.717, 1.165) is 18.4 Å². The number of esters is 1. The zero-order valence-corrected chi connectivity index (χ0v) is 17.0. The molecule has 148 valence electrons. The first-order valence-corrected chi connectivity index (χ1v) is 11.0. The Kier molecular flexibility index (Phi) is 15.0. The molecule has 0 aliphatic carbocycles. The molecular weight excluding hydrogens is 320 g/mol. The minimum atomic E-state index is -0.0622. The fourth-order valence-corrected chi connectivity index (χ4v) is 3.27. The Balaban J connectivity index is 1.78. The highest BCUT2D eigenvalue weighted by molar-refractivity contribution is 5.69. The van der Waals surface area contributed by atoms with Crippen LogP contribution >= 0.6 is 0 Å². The van der Waals surface area contributed by atoms with Crippen LogP contribution in [-0.4, -0.2) is 5.97 Å². The molecule has 0 unspecified atom stereocenters. The largest absolute Gasteiger partial charge is 0.461 e. The van der Waals surface area contributed by atoms with Gasteiger partial charge in [0.25, 0.3) is 0 Å². The molecule has 0 amide bonds. The third-order valence-electron chi connectivity index (χ3n) is 4.98. The third kappa shape index (κ3) is 13.9. The molecule has 0 radical (unpaired) electrons. The van der Waals surface area contributed by atoms with Crippen LogP contribution in [0.5, 0.6) is 0 Å². The standard InChI is InChI=1S/C24H40O2/c1-2-3-4-5-6-7-8-9-10-11-12-13-14-18-21-24(25)26-22-23-19-16-15-17-20-23/h15-17,19-20H,2-14,18,21-22H2,1H3. The SMILES string of the molecule is CCCCCCCCCCCCCCCCC(=O)OCc1ccccc1. The Hall–Kier alpha value is -1.31. The first-order chi connectivity index (χ1) is 12.8. The summed E-state index contributed by atoms with van der Waals surface area (Å²) in [5.41, 5.74) is 1.06. The molecule has 0 saturated heterocycles. The topological polar surface area (TPSA) is 26.3 Å². The van der Waals surface area contributed by atoms with Gasteiger partial charge in [0.1, 0.15) is 6.61 Å². The molecule has 26 heavy (non-hydrogen) atoms. The second-order valence-corrected chi connectivity index (χ2v) is 7.49. The zero-order valence-electron chi connectivity index (χ0n) is 17.0. The highest BCUT2D eigenvalue weighted by Gasteiger charge is 2.03. The van der Waals surface area contributed by atoms with Gasteiger partial charge in [-0.1, -0.05) is 121 Å². The maximum atomic E-state index is 11.7. The fraction of sp³-hybridized carbons (Fsp3) is 0.708. The summed E-state index contributed by atoms with van der Waals surface area (Å²) in [6.07, 6.45) is 19.3.